The Labute approximate surface area is 166 Å². The van der Waals surface area contributed by atoms with Crippen LogP contribution in [0.1, 0.15) is 43.4 Å². The molecular formula is C18H27Cl2N5O. The lowest BCUT2D eigenvalue weighted by Gasteiger charge is -2.28. The zero-order valence-corrected chi connectivity index (χ0v) is 17.3. The van der Waals surface area contributed by atoms with Gasteiger partial charge in [-0.15, -0.1) is 17.5 Å². The lowest BCUT2D eigenvalue weighted by atomic mass is 9.93. The second-order valence-corrected chi connectivity index (χ2v) is 7.49. The van der Waals surface area contributed by atoms with E-state index >= 15 is 0 Å². The van der Waals surface area contributed by atoms with Gasteiger partial charge in [0.15, 0.2) is 5.69 Å². The van der Waals surface area contributed by atoms with Gasteiger partial charge in [-0.3, -0.25) is 4.79 Å². The largest absolute Gasteiger partial charge is 0.340 e. The van der Waals surface area contributed by atoms with E-state index in [2.05, 4.69) is 17.2 Å². The van der Waals surface area contributed by atoms with E-state index in [0.717, 1.165) is 17.8 Å². The maximum atomic E-state index is 12.9. The minimum atomic E-state index is -0.154. The molecule has 1 aromatic carbocycles. The number of nitrogens with zero attached hydrogens (tertiary/aromatic N) is 4. The number of rotatable bonds is 7. The average molecular weight is 400 g/mol. The van der Waals surface area contributed by atoms with Gasteiger partial charge in [-0.25, -0.2) is 4.68 Å². The molecule has 6 nitrogen and oxygen atoms in total. The summed E-state index contributed by atoms with van der Waals surface area (Å²) in [5, 5.41) is 8.98. The van der Waals surface area contributed by atoms with Crippen LogP contribution in [0.25, 0.3) is 5.69 Å². The Hall–Kier alpha value is -1.63. The zero-order valence-electron chi connectivity index (χ0n) is 15.7. The molecular weight excluding hydrogens is 373 g/mol. The standard InChI is InChI=1S/C18H26ClN5O.ClH/c1-5-7-15-16(17(25)23(4)12-18(2,3)11-20)21-22-24(15)14-9-6-8-13(19)10-14;/h6,8-10H,5,7,11-12,20H2,1-4H3;1H. The number of aromatic nitrogens is 3. The van der Waals surface area contributed by atoms with Crippen molar-refractivity contribution < 1.29 is 4.79 Å². The van der Waals surface area contributed by atoms with Crippen LogP contribution in [-0.2, 0) is 6.42 Å². The van der Waals surface area contributed by atoms with Gasteiger partial charge >= 0.3 is 0 Å². The van der Waals surface area contributed by atoms with Crippen LogP contribution in [0.2, 0.25) is 5.02 Å². The summed E-state index contributed by atoms with van der Waals surface area (Å²) in [6, 6.07) is 7.36. The molecule has 26 heavy (non-hydrogen) atoms. The predicted octanol–water partition coefficient (Wildman–Crippen LogP) is 3.35. The Bertz CT molecular complexity index is 745. The number of amides is 1. The van der Waals surface area contributed by atoms with Gasteiger partial charge in [0.25, 0.3) is 5.91 Å². The van der Waals surface area contributed by atoms with Gasteiger partial charge in [0, 0.05) is 18.6 Å². The van der Waals surface area contributed by atoms with Crippen LogP contribution in [0.5, 0.6) is 0 Å². The molecule has 0 fully saturated rings. The Morgan fingerprint density at radius 3 is 2.65 bits per heavy atom. The second kappa shape index (κ2) is 9.35. The monoisotopic (exact) mass is 399 g/mol. The molecule has 0 saturated heterocycles. The van der Waals surface area contributed by atoms with Crippen molar-refractivity contribution in [3.05, 3.63) is 40.7 Å². The summed E-state index contributed by atoms with van der Waals surface area (Å²) in [7, 11) is 1.77. The van der Waals surface area contributed by atoms with E-state index in [4.69, 9.17) is 17.3 Å². The fourth-order valence-electron chi connectivity index (χ4n) is 2.70. The highest BCUT2D eigenvalue weighted by Gasteiger charge is 2.26. The summed E-state index contributed by atoms with van der Waals surface area (Å²) in [6.45, 7) is 7.18. The van der Waals surface area contributed by atoms with E-state index in [1.165, 1.54) is 0 Å². The maximum Gasteiger partial charge on any atom is 0.276 e. The number of hydrogen-bond donors (Lipinski definition) is 1. The minimum Gasteiger partial charge on any atom is -0.340 e. The van der Waals surface area contributed by atoms with Crippen molar-refractivity contribution in [2.45, 2.75) is 33.6 Å². The topological polar surface area (TPSA) is 77.0 Å². The van der Waals surface area contributed by atoms with Crippen molar-refractivity contribution in [2.75, 3.05) is 20.1 Å². The third-order valence-electron chi connectivity index (χ3n) is 4.07. The number of benzene rings is 1. The quantitative estimate of drug-likeness (QED) is 0.773. The van der Waals surface area contributed by atoms with E-state index in [-0.39, 0.29) is 23.7 Å². The van der Waals surface area contributed by atoms with Gasteiger partial charge in [-0.2, -0.15) is 0 Å². The van der Waals surface area contributed by atoms with Gasteiger partial charge in [0.05, 0.1) is 11.4 Å². The van der Waals surface area contributed by atoms with Crippen LogP contribution in [0.15, 0.2) is 24.3 Å². The molecule has 1 heterocycles. The zero-order chi connectivity index (χ0) is 18.6. The molecule has 1 amide bonds. The van der Waals surface area contributed by atoms with E-state index in [0.29, 0.717) is 30.2 Å². The second-order valence-electron chi connectivity index (χ2n) is 7.06. The molecule has 0 spiro atoms. The number of hydrogen-bond acceptors (Lipinski definition) is 4. The van der Waals surface area contributed by atoms with Crippen molar-refractivity contribution >= 4 is 29.9 Å². The Balaban J connectivity index is 0.00000338. The molecule has 1 aromatic heterocycles. The van der Waals surface area contributed by atoms with E-state index in [1.54, 1.807) is 22.7 Å². The summed E-state index contributed by atoms with van der Waals surface area (Å²) < 4.78 is 1.70. The summed E-state index contributed by atoms with van der Waals surface area (Å²) >= 11 is 6.08. The van der Waals surface area contributed by atoms with E-state index in [9.17, 15) is 4.79 Å². The van der Waals surface area contributed by atoms with Crippen LogP contribution in [0, 0.1) is 5.41 Å². The van der Waals surface area contributed by atoms with E-state index in [1.807, 2.05) is 32.0 Å². The first kappa shape index (κ1) is 22.4. The van der Waals surface area contributed by atoms with Crippen LogP contribution in [0.4, 0.5) is 0 Å². The summed E-state index contributed by atoms with van der Waals surface area (Å²) in [6.07, 6.45) is 1.58. The molecule has 2 N–H and O–H groups in total. The molecule has 144 valence electrons. The van der Waals surface area contributed by atoms with Crippen LogP contribution in [-0.4, -0.2) is 45.9 Å². The van der Waals surface area contributed by atoms with Crippen molar-refractivity contribution in [1.82, 2.24) is 19.9 Å². The van der Waals surface area contributed by atoms with Crippen LogP contribution in [0.3, 0.4) is 0 Å². The third-order valence-corrected chi connectivity index (χ3v) is 4.30. The summed E-state index contributed by atoms with van der Waals surface area (Å²) in [5.41, 5.74) is 7.61. The van der Waals surface area contributed by atoms with Gasteiger partial charge in [0.1, 0.15) is 0 Å². The number of halogens is 2. The van der Waals surface area contributed by atoms with Crippen LogP contribution >= 0.6 is 24.0 Å². The highest BCUT2D eigenvalue weighted by atomic mass is 35.5. The molecule has 0 saturated carbocycles. The third kappa shape index (κ3) is 5.19. The molecule has 0 aliphatic carbocycles. The van der Waals surface area contributed by atoms with Crippen LogP contribution < -0.4 is 5.73 Å². The van der Waals surface area contributed by atoms with Gasteiger partial charge in [0.2, 0.25) is 0 Å². The molecule has 2 rings (SSSR count). The van der Waals surface area contributed by atoms with Crippen molar-refractivity contribution in [1.29, 1.82) is 0 Å². The maximum absolute atomic E-state index is 12.9. The fraction of sp³-hybridized carbons (Fsp3) is 0.500. The first-order valence-electron chi connectivity index (χ1n) is 8.45. The molecule has 0 bridgehead atoms. The SMILES string of the molecule is CCCc1c(C(=O)N(C)CC(C)(C)CN)nnn1-c1cccc(Cl)c1.Cl. The molecule has 8 heteroatoms. The van der Waals surface area contributed by atoms with Gasteiger partial charge in [-0.1, -0.05) is 50.1 Å². The minimum absolute atomic E-state index is 0. The fourth-order valence-corrected chi connectivity index (χ4v) is 2.89. The van der Waals surface area contributed by atoms with Crippen molar-refractivity contribution in [2.24, 2.45) is 11.1 Å². The highest BCUT2D eigenvalue weighted by Crippen LogP contribution is 2.21. The number of nitrogens with two attached hydrogens (primary N) is 1. The molecule has 0 aliphatic heterocycles. The summed E-state index contributed by atoms with van der Waals surface area (Å²) in [4.78, 5) is 14.6. The Morgan fingerprint density at radius 1 is 1.38 bits per heavy atom. The van der Waals surface area contributed by atoms with E-state index < -0.39 is 0 Å². The lowest BCUT2D eigenvalue weighted by molar-refractivity contribution is 0.0733. The highest BCUT2D eigenvalue weighted by molar-refractivity contribution is 6.30. The summed E-state index contributed by atoms with van der Waals surface area (Å²) in [5.74, 6) is -0.141. The first-order valence-corrected chi connectivity index (χ1v) is 8.83. The smallest absolute Gasteiger partial charge is 0.276 e. The normalized spacial score (nSPS) is 11.2. The molecule has 2 aromatic rings. The van der Waals surface area contributed by atoms with Crippen molar-refractivity contribution in [3.63, 3.8) is 0 Å². The first-order chi connectivity index (χ1) is 11.8. The molecule has 0 unspecified atom stereocenters. The predicted molar refractivity (Wildman–Crippen MR) is 107 cm³/mol. The lowest BCUT2D eigenvalue weighted by Crippen LogP contribution is -2.40. The Kier molecular flexibility index (Phi) is 8.06. The number of carbonyl (C=O) groups is 1. The van der Waals surface area contributed by atoms with Gasteiger partial charge < -0.3 is 10.6 Å². The average Bonchev–Trinajstić information content (AvgIpc) is 2.97. The van der Waals surface area contributed by atoms with Gasteiger partial charge in [-0.05, 0) is 36.6 Å². The number of carbonyl (C=O) groups excluding carboxylic acids is 1. The van der Waals surface area contributed by atoms with Crippen molar-refractivity contribution in [3.8, 4) is 5.69 Å². The Morgan fingerprint density at radius 2 is 2.08 bits per heavy atom. The molecule has 0 radical (unpaired) electrons. The molecule has 0 aliphatic rings. The molecule has 0 atom stereocenters.